The molecule has 0 spiro atoms. The van der Waals surface area contributed by atoms with Crippen molar-refractivity contribution in [1.82, 2.24) is 9.78 Å². The molecule has 112 valence electrons. The molecule has 1 aliphatic rings. The lowest BCUT2D eigenvalue weighted by Gasteiger charge is -2.50. The van der Waals surface area contributed by atoms with Crippen molar-refractivity contribution in [2.24, 2.45) is 11.1 Å². The summed E-state index contributed by atoms with van der Waals surface area (Å²) < 4.78 is 7.83. The van der Waals surface area contributed by atoms with Crippen LogP contribution in [0.15, 0.2) is 6.20 Å². The Bertz CT molecular complexity index is 517. The van der Waals surface area contributed by atoms with Crippen LogP contribution in [-0.2, 0) is 11.2 Å². The molecule has 5 heteroatoms. The fourth-order valence-corrected chi connectivity index (χ4v) is 2.89. The molecule has 1 saturated heterocycles. The lowest BCUT2D eigenvalue weighted by molar-refractivity contribution is -0.160. The first-order chi connectivity index (χ1) is 9.20. The van der Waals surface area contributed by atoms with E-state index < -0.39 is 5.91 Å². The van der Waals surface area contributed by atoms with Gasteiger partial charge in [0.1, 0.15) is 0 Å². The molecule has 2 rings (SSSR count). The van der Waals surface area contributed by atoms with Gasteiger partial charge in [-0.15, -0.1) is 0 Å². The standard InChI is InChI=1S/C15H25N3O2/c1-6-10-9-18(17-12(10)13(16)19)11-7-8-20-15(4,5)14(11,2)3/h9,11H,6-8H2,1-5H3,(H2,16,19). The van der Waals surface area contributed by atoms with Gasteiger partial charge in [-0.1, -0.05) is 20.8 Å². The number of aromatic nitrogens is 2. The van der Waals surface area contributed by atoms with Crippen LogP contribution in [0.5, 0.6) is 0 Å². The van der Waals surface area contributed by atoms with Gasteiger partial charge in [-0.05, 0) is 26.7 Å². The number of nitrogens with two attached hydrogens (primary N) is 1. The zero-order valence-corrected chi connectivity index (χ0v) is 13.1. The largest absolute Gasteiger partial charge is 0.375 e. The number of hydrogen-bond acceptors (Lipinski definition) is 3. The minimum atomic E-state index is -0.454. The summed E-state index contributed by atoms with van der Waals surface area (Å²) in [6.45, 7) is 11.3. The zero-order chi connectivity index (χ0) is 15.1. The molecule has 1 atom stereocenters. The SMILES string of the molecule is CCc1cn(C2CCOC(C)(C)C2(C)C)nc1C(N)=O. The summed E-state index contributed by atoms with van der Waals surface area (Å²) in [5.74, 6) is -0.454. The number of primary amides is 1. The van der Waals surface area contributed by atoms with Crippen molar-refractivity contribution in [1.29, 1.82) is 0 Å². The summed E-state index contributed by atoms with van der Waals surface area (Å²) >= 11 is 0. The van der Waals surface area contributed by atoms with Crippen LogP contribution >= 0.6 is 0 Å². The zero-order valence-electron chi connectivity index (χ0n) is 13.1. The van der Waals surface area contributed by atoms with Gasteiger partial charge < -0.3 is 10.5 Å². The molecule has 0 radical (unpaired) electrons. The number of hydrogen-bond donors (Lipinski definition) is 1. The van der Waals surface area contributed by atoms with Gasteiger partial charge in [-0.2, -0.15) is 5.10 Å². The number of aryl methyl sites for hydroxylation is 1. The van der Waals surface area contributed by atoms with Crippen molar-refractivity contribution in [3.05, 3.63) is 17.5 Å². The van der Waals surface area contributed by atoms with Crippen LogP contribution in [0.3, 0.4) is 0 Å². The van der Waals surface area contributed by atoms with E-state index in [1.165, 1.54) is 0 Å². The predicted molar refractivity (Wildman–Crippen MR) is 77.6 cm³/mol. The van der Waals surface area contributed by atoms with Crippen molar-refractivity contribution >= 4 is 5.91 Å². The third kappa shape index (κ3) is 2.24. The molecule has 0 bridgehead atoms. The first-order valence-corrected chi connectivity index (χ1v) is 7.22. The topological polar surface area (TPSA) is 70.1 Å². The average molecular weight is 279 g/mol. The molecule has 2 N–H and O–H groups in total. The highest BCUT2D eigenvalue weighted by molar-refractivity contribution is 5.92. The van der Waals surface area contributed by atoms with Crippen LogP contribution in [-0.4, -0.2) is 27.9 Å². The molecule has 1 amide bonds. The van der Waals surface area contributed by atoms with E-state index in [0.717, 1.165) is 18.4 Å². The number of amides is 1. The summed E-state index contributed by atoms with van der Waals surface area (Å²) in [6, 6.07) is 0.199. The van der Waals surface area contributed by atoms with Gasteiger partial charge in [0, 0.05) is 23.8 Å². The number of carbonyl (C=O) groups excluding carboxylic acids is 1. The molecule has 5 nitrogen and oxygen atoms in total. The molecule has 20 heavy (non-hydrogen) atoms. The highest BCUT2D eigenvalue weighted by Gasteiger charge is 2.48. The summed E-state index contributed by atoms with van der Waals surface area (Å²) in [5.41, 5.74) is 6.40. The molecule has 1 aliphatic heterocycles. The van der Waals surface area contributed by atoms with Gasteiger partial charge in [0.15, 0.2) is 5.69 Å². The van der Waals surface area contributed by atoms with E-state index in [9.17, 15) is 4.79 Å². The molecule has 1 fully saturated rings. The minimum absolute atomic E-state index is 0.0861. The third-order valence-corrected chi connectivity index (χ3v) is 4.98. The second-order valence-electron chi connectivity index (χ2n) is 6.59. The molecule has 1 aromatic rings. The molecule has 2 heterocycles. The average Bonchev–Trinajstić information content (AvgIpc) is 2.76. The van der Waals surface area contributed by atoms with Crippen molar-refractivity contribution in [2.45, 2.75) is 59.1 Å². The van der Waals surface area contributed by atoms with Gasteiger partial charge in [-0.25, -0.2) is 0 Å². The second kappa shape index (κ2) is 4.88. The Morgan fingerprint density at radius 2 is 2.15 bits per heavy atom. The van der Waals surface area contributed by atoms with Crippen LogP contribution in [0.1, 0.15) is 63.1 Å². The van der Waals surface area contributed by atoms with Crippen molar-refractivity contribution in [3.8, 4) is 0 Å². The summed E-state index contributed by atoms with van der Waals surface area (Å²) in [7, 11) is 0. The maximum Gasteiger partial charge on any atom is 0.269 e. The molecule has 1 aromatic heterocycles. The Balaban J connectivity index is 2.43. The molecule has 0 aliphatic carbocycles. The van der Waals surface area contributed by atoms with E-state index in [1.807, 2.05) is 17.8 Å². The Morgan fingerprint density at radius 3 is 2.65 bits per heavy atom. The third-order valence-electron chi connectivity index (χ3n) is 4.98. The lowest BCUT2D eigenvalue weighted by atomic mass is 9.69. The smallest absolute Gasteiger partial charge is 0.269 e. The van der Waals surface area contributed by atoms with Crippen LogP contribution < -0.4 is 5.73 Å². The predicted octanol–water partition coefficient (Wildman–Crippen LogP) is 2.31. The van der Waals surface area contributed by atoms with E-state index in [-0.39, 0.29) is 17.1 Å². The van der Waals surface area contributed by atoms with E-state index >= 15 is 0 Å². The molecular formula is C15H25N3O2. The van der Waals surface area contributed by atoms with E-state index in [1.54, 1.807) is 0 Å². The number of ether oxygens (including phenoxy) is 1. The summed E-state index contributed by atoms with van der Waals surface area (Å²) in [5, 5.41) is 4.45. The van der Waals surface area contributed by atoms with Gasteiger partial charge in [0.2, 0.25) is 0 Å². The summed E-state index contributed by atoms with van der Waals surface area (Å²) in [6.07, 6.45) is 3.61. The highest BCUT2D eigenvalue weighted by Crippen LogP contribution is 2.48. The first-order valence-electron chi connectivity index (χ1n) is 7.22. The second-order valence-corrected chi connectivity index (χ2v) is 6.59. The van der Waals surface area contributed by atoms with Gasteiger partial charge in [0.25, 0.3) is 5.91 Å². The van der Waals surface area contributed by atoms with E-state index in [2.05, 4.69) is 32.8 Å². The summed E-state index contributed by atoms with van der Waals surface area (Å²) in [4.78, 5) is 11.5. The highest BCUT2D eigenvalue weighted by atomic mass is 16.5. The van der Waals surface area contributed by atoms with Crippen molar-refractivity contribution < 1.29 is 9.53 Å². The van der Waals surface area contributed by atoms with Crippen molar-refractivity contribution in [2.75, 3.05) is 6.61 Å². The number of carbonyl (C=O) groups is 1. The Labute approximate surface area is 120 Å². The fourth-order valence-electron chi connectivity index (χ4n) is 2.89. The first kappa shape index (κ1) is 15.0. The lowest BCUT2D eigenvalue weighted by Crippen LogP contribution is -2.51. The Morgan fingerprint density at radius 1 is 1.50 bits per heavy atom. The number of nitrogens with zero attached hydrogens (tertiary/aromatic N) is 2. The minimum Gasteiger partial charge on any atom is -0.375 e. The van der Waals surface area contributed by atoms with Crippen LogP contribution in [0.2, 0.25) is 0 Å². The monoisotopic (exact) mass is 279 g/mol. The Hall–Kier alpha value is -1.36. The molecular weight excluding hydrogens is 254 g/mol. The maximum atomic E-state index is 11.5. The maximum absolute atomic E-state index is 11.5. The molecule has 1 unspecified atom stereocenters. The van der Waals surface area contributed by atoms with Gasteiger partial charge >= 0.3 is 0 Å². The van der Waals surface area contributed by atoms with Gasteiger partial charge in [-0.3, -0.25) is 9.48 Å². The van der Waals surface area contributed by atoms with Gasteiger partial charge in [0.05, 0.1) is 11.6 Å². The quantitative estimate of drug-likeness (QED) is 0.923. The van der Waals surface area contributed by atoms with Crippen LogP contribution in [0.4, 0.5) is 0 Å². The fraction of sp³-hybridized carbons (Fsp3) is 0.733. The van der Waals surface area contributed by atoms with Crippen molar-refractivity contribution in [3.63, 3.8) is 0 Å². The molecule has 0 saturated carbocycles. The van der Waals surface area contributed by atoms with E-state index in [0.29, 0.717) is 12.3 Å². The number of rotatable bonds is 3. The normalized spacial score (nSPS) is 24.6. The van der Waals surface area contributed by atoms with Crippen LogP contribution in [0.25, 0.3) is 0 Å². The Kier molecular flexibility index (Phi) is 3.67. The molecule has 0 aromatic carbocycles. The van der Waals surface area contributed by atoms with Crippen LogP contribution in [0, 0.1) is 5.41 Å². The van der Waals surface area contributed by atoms with E-state index in [4.69, 9.17) is 10.5 Å².